The zero-order valence-electron chi connectivity index (χ0n) is 20.4. The number of aliphatic hydroxyl groups excluding tert-OH is 1. The van der Waals surface area contributed by atoms with E-state index in [1.165, 1.54) is 6.33 Å². The van der Waals surface area contributed by atoms with Gasteiger partial charge in [0.05, 0.1) is 27.8 Å². The number of carbonyl (C=O) groups is 1. The molecule has 1 N–H and O–H groups in total. The zero-order valence-corrected chi connectivity index (χ0v) is 21.9. The number of benzene rings is 1. The fourth-order valence-corrected chi connectivity index (χ4v) is 5.99. The molecule has 10 heteroatoms. The van der Waals surface area contributed by atoms with E-state index in [9.17, 15) is 14.3 Å². The number of rotatable bonds is 5. The Hall–Kier alpha value is -2.00. The molecule has 1 aliphatic carbocycles. The van der Waals surface area contributed by atoms with E-state index >= 15 is 0 Å². The van der Waals surface area contributed by atoms with Crippen LogP contribution in [0.2, 0.25) is 10.0 Å². The van der Waals surface area contributed by atoms with Crippen molar-refractivity contribution >= 4 is 34.9 Å². The first kappa shape index (κ1) is 25.6. The zero-order chi connectivity index (χ0) is 25.4. The number of amides is 1. The largest absolute Gasteiger partial charge is 0.393 e. The van der Waals surface area contributed by atoms with Gasteiger partial charge in [-0.15, -0.1) is 0 Å². The summed E-state index contributed by atoms with van der Waals surface area (Å²) in [6.07, 6.45) is 2.00. The fourth-order valence-electron chi connectivity index (χ4n) is 5.69. The van der Waals surface area contributed by atoms with Gasteiger partial charge in [-0.1, -0.05) is 36.2 Å². The average molecular weight is 536 g/mol. The second kappa shape index (κ2) is 10.8. The number of hydrogen-bond acceptors (Lipinski definition) is 6. The van der Waals surface area contributed by atoms with Crippen molar-refractivity contribution < 1.29 is 14.3 Å². The first-order valence-corrected chi connectivity index (χ1v) is 13.5. The Balaban J connectivity index is 1.31. The molecule has 0 saturated carbocycles. The van der Waals surface area contributed by atoms with Crippen molar-refractivity contribution in [1.29, 1.82) is 0 Å². The van der Waals surface area contributed by atoms with Crippen molar-refractivity contribution in [3.05, 3.63) is 51.4 Å². The van der Waals surface area contributed by atoms with Crippen LogP contribution in [0.1, 0.15) is 61.0 Å². The molecule has 0 spiro atoms. The number of alkyl halides is 1. The highest BCUT2D eigenvalue weighted by Crippen LogP contribution is 2.44. The van der Waals surface area contributed by atoms with Gasteiger partial charge in [-0.2, -0.15) is 0 Å². The van der Waals surface area contributed by atoms with E-state index < -0.39 is 6.17 Å². The summed E-state index contributed by atoms with van der Waals surface area (Å²) in [5.41, 5.74) is 2.27. The summed E-state index contributed by atoms with van der Waals surface area (Å²) in [6, 6.07) is 5.41. The number of piperazine rings is 1. The van der Waals surface area contributed by atoms with Crippen LogP contribution in [0.3, 0.4) is 0 Å². The second-order valence-corrected chi connectivity index (χ2v) is 11.0. The third-order valence-electron chi connectivity index (χ3n) is 7.78. The van der Waals surface area contributed by atoms with Crippen LogP contribution in [0.5, 0.6) is 0 Å². The molecule has 2 aliphatic heterocycles. The molecule has 3 aliphatic rings. The van der Waals surface area contributed by atoms with E-state index in [-0.39, 0.29) is 23.8 Å². The van der Waals surface area contributed by atoms with E-state index in [0.717, 1.165) is 30.0 Å². The van der Waals surface area contributed by atoms with Gasteiger partial charge in [-0.05, 0) is 42.9 Å². The van der Waals surface area contributed by atoms with Crippen LogP contribution in [0.15, 0.2) is 24.5 Å². The Bertz CT molecular complexity index is 1110. The Labute approximate surface area is 221 Å². The Morgan fingerprint density at radius 1 is 1.11 bits per heavy atom. The number of fused-ring (bicyclic) bond motifs is 1. The highest BCUT2D eigenvalue weighted by Gasteiger charge is 2.36. The Kier molecular flexibility index (Phi) is 7.67. The standard InChI is InChI=1S/C26H32Cl2FN5O2/c1-16-12-22(29)24-23(16)25(31-15-30-24)33-8-10-34(11-9-33)26(36)19(14-32-6-4-18(35)5-7-32)17-2-3-20(27)21(28)13-17/h2-3,13,15-16,18-19,22,35H,4-12,14H2,1H3/t16-,19+,22+/m1/s1. The third-order valence-corrected chi connectivity index (χ3v) is 8.52. The van der Waals surface area contributed by atoms with Crippen molar-refractivity contribution in [3.8, 4) is 0 Å². The van der Waals surface area contributed by atoms with Gasteiger partial charge >= 0.3 is 0 Å². The predicted molar refractivity (Wildman–Crippen MR) is 139 cm³/mol. The number of likely N-dealkylation sites (tertiary alicyclic amines) is 1. The summed E-state index contributed by atoms with van der Waals surface area (Å²) in [6.45, 7) is 6.47. The number of nitrogens with zero attached hydrogens (tertiary/aromatic N) is 5. The van der Waals surface area contributed by atoms with Crippen LogP contribution in [0, 0.1) is 0 Å². The van der Waals surface area contributed by atoms with Gasteiger partial charge in [0.1, 0.15) is 18.3 Å². The smallest absolute Gasteiger partial charge is 0.231 e. The first-order chi connectivity index (χ1) is 17.3. The molecule has 3 heterocycles. The molecular weight excluding hydrogens is 504 g/mol. The SMILES string of the molecule is C[C@@H]1C[C@H](F)c2ncnc(N3CCN(C(=O)[C@@H](CN4CCC(O)CC4)c4ccc(Cl)c(Cl)c4)CC3)c21. The molecule has 0 unspecified atom stereocenters. The molecule has 1 amide bonds. The van der Waals surface area contributed by atoms with Gasteiger partial charge in [0.15, 0.2) is 0 Å². The third kappa shape index (κ3) is 5.19. The number of carbonyl (C=O) groups excluding carboxylic acids is 1. The van der Waals surface area contributed by atoms with Crippen molar-refractivity contribution in [2.75, 3.05) is 50.7 Å². The molecule has 5 rings (SSSR count). The minimum absolute atomic E-state index is 0.0595. The van der Waals surface area contributed by atoms with Crippen molar-refractivity contribution in [3.63, 3.8) is 0 Å². The highest BCUT2D eigenvalue weighted by molar-refractivity contribution is 6.42. The first-order valence-electron chi connectivity index (χ1n) is 12.7. The lowest BCUT2D eigenvalue weighted by Gasteiger charge is -2.39. The second-order valence-electron chi connectivity index (χ2n) is 10.2. The molecular formula is C26H32Cl2FN5O2. The molecule has 2 aromatic rings. The van der Waals surface area contributed by atoms with Crippen LogP contribution in [-0.2, 0) is 4.79 Å². The highest BCUT2D eigenvalue weighted by atomic mass is 35.5. The molecule has 36 heavy (non-hydrogen) atoms. The predicted octanol–water partition coefficient (Wildman–Crippen LogP) is 4.19. The van der Waals surface area contributed by atoms with E-state index in [0.29, 0.717) is 67.7 Å². The molecule has 0 radical (unpaired) electrons. The van der Waals surface area contributed by atoms with Crippen LogP contribution >= 0.6 is 23.2 Å². The maximum atomic E-state index is 14.4. The fraction of sp³-hybridized carbons (Fsp3) is 0.577. The van der Waals surface area contributed by atoms with Gasteiger partial charge in [0.25, 0.3) is 0 Å². The number of aliphatic hydroxyl groups is 1. The maximum Gasteiger partial charge on any atom is 0.231 e. The summed E-state index contributed by atoms with van der Waals surface area (Å²) in [5.74, 6) is 0.557. The van der Waals surface area contributed by atoms with E-state index in [1.54, 1.807) is 12.1 Å². The molecule has 3 atom stereocenters. The number of piperidine rings is 1. The topological polar surface area (TPSA) is 72.8 Å². The minimum atomic E-state index is -1.04. The van der Waals surface area contributed by atoms with Gasteiger partial charge in [-0.3, -0.25) is 4.79 Å². The molecule has 2 saturated heterocycles. The molecule has 1 aromatic carbocycles. The van der Waals surface area contributed by atoms with Gasteiger partial charge in [0, 0.05) is 51.4 Å². The number of halogens is 3. The lowest BCUT2D eigenvalue weighted by atomic mass is 9.95. The molecule has 194 valence electrons. The molecule has 1 aromatic heterocycles. The van der Waals surface area contributed by atoms with E-state index in [4.69, 9.17) is 23.2 Å². The van der Waals surface area contributed by atoms with Crippen LogP contribution < -0.4 is 4.90 Å². The van der Waals surface area contributed by atoms with E-state index in [2.05, 4.69) is 19.8 Å². The molecule has 2 fully saturated rings. The monoisotopic (exact) mass is 535 g/mol. The van der Waals surface area contributed by atoms with Crippen molar-refractivity contribution in [2.45, 2.75) is 50.3 Å². The van der Waals surface area contributed by atoms with Crippen molar-refractivity contribution in [2.24, 2.45) is 0 Å². The quantitative estimate of drug-likeness (QED) is 0.618. The lowest BCUT2D eigenvalue weighted by Crippen LogP contribution is -2.52. The molecule has 0 bridgehead atoms. The summed E-state index contributed by atoms with van der Waals surface area (Å²) in [4.78, 5) is 28.8. The molecule has 7 nitrogen and oxygen atoms in total. The lowest BCUT2D eigenvalue weighted by molar-refractivity contribution is -0.133. The average Bonchev–Trinajstić information content (AvgIpc) is 3.18. The maximum absolute atomic E-state index is 14.4. The summed E-state index contributed by atoms with van der Waals surface area (Å²) >= 11 is 12.5. The van der Waals surface area contributed by atoms with Crippen LogP contribution in [-0.4, -0.2) is 82.7 Å². The minimum Gasteiger partial charge on any atom is -0.393 e. The van der Waals surface area contributed by atoms with Gasteiger partial charge in [-0.25, -0.2) is 14.4 Å². The Morgan fingerprint density at radius 3 is 2.53 bits per heavy atom. The number of aromatic nitrogens is 2. The van der Waals surface area contributed by atoms with Gasteiger partial charge < -0.3 is 19.8 Å². The van der Waals surface area contributed by atoms with E-state index in [1.807, 2.05) is 17.9 Å². The number of anilines is 1. The van der Waals surface area contributed by atoms with Crippen LogP contribution in [0.4, 0.5) is 10.2 Å². The summed E-state index contributed by atoms with van der Waals surface area (Å²) in [5, 5.41) is 10.8. The number of hydrogen-bond donors (Lipinski definition) is 1. The summed E-state index contributed by atoms with van der Waals surface area (Å²) < 4.78 is 14.4. The van der Waals surface area contributed by atoms with Gasteiger partial charge in [0.2, 0.25) is 5.91 Å². The Morgan fingerprint density at radius 2 is 1.83 bits per heavy atom. The van der Waals surface area contributed by atoms with Crippen LogP contribution in [0.25, 0.3) is 0 Å². The van der Waals surface area contributed by atoms with Crippen molar-refractivity contribution in [1.82, 2.24) is 19.8 Å². The summed E-state index contributed by atoms with van der Waals surface area (Å²) in [7, 11) is 0. The normalized spacial score (nSPS) is 24.1.